The van der Waals surface area contributed by atoms with E-state index in [0.29, 0.717) is 12.0 Å². The molecule has 0 saturated heterocycles. The predicted molar refractivity (Wildman–Crippen MR) is 124 cm³/mol. The molecule has 3 aromatic rings. The van der Waals surface area contributed by atoms with Crippen molar-refractivity contribution in [1.82, 2.24) is 18.9 Å². The van der Waals surface area contributed by atoms with Crippen molar-refractivity contribution in [3.8, 4) is 5.69 Å². The zero-order valence-electron chi connectivity index (χ0n) is 18.5. The van der Waals surface area contributed by atoms with Crippen molar-refractivity contribution in [1.29, 1.82) is 0 Å². The number of hydrogen-bond donors (Lipinski definition) is 0. The molecule has 3 rings (SSSR count). The Balaban J connectivity index is 2.12. The first-order valence-electron chi connectivity index (χ1n) is 10.6. The van der Waals surface area contributed by atoms with Crippen LogP contribution < -0.4 is 11.2 Å². The summed E-state index contributed by atoms with van der Waals surface area (Å²) in [4.78, 5) is 37.1. The molecule has 0 spiro atoms. The number of hydrogen-bond acceptors (Lipinski definition) is 5. The molecule has 0 radical (unpaired) electrons. The summed E-state index contributed by atoms with van der Waals surface area (Å²) in [6, 6.07) is 9.51. The van der Waals surface area contributed by atoms with E-state index >= 15 is 0 Å². The quantitative estimate of drug-likeness (QED) is 0.375. The average molecular weight is 438 g/mol. The second-order valence-corrected chi connectivity index (χ2v) is 7.98. The van der Waals surface area contributed by atoms with Crippen LogP contribution in [0.1, 0.15) is 44.9 Å². The van der Waals surface area contributed by atoms with Crippen molar-refractivity contribution in [2.75, 3.05) is 0 Å². The lowest BCUT2D eigenvalue weighted by Gasteiger charge is -2.15. The minimum absolute atomic E-state index is 0.00548. The SMILES string of the molecule is CCCCn1c(/C=C/c2cnn(-c3ccccc3)c2)c([N+](=O)[O-])c(=O)n(CC(C)C)c1=O. The molecular weight excluding hydrogens is 410 g/mol. The second-order valence-electron chi connectivity index (χ2n) is 7.98. The number of unbranched alkanes of at least 4 members (excludes halogenated alkanes) is 1. The lowest BCUT2D eigenvalue weighted by Crippen LogP contribution is -2.43. The summed E-state index contributed by atoms with van der Waals surface area (Å²) < 4.78 is 3.99. The van der Waals surface area contributed by atoms with Gasteiger partial charge in [0.2, 0.25) is 0 Å². The highest BCUT2D eigenvalue weighted by molar-refractivity contribution is 5.71. The molecule has 0 saturated carbocycles. The molecule has 0 bridgehead atoms. The van der Waals surface area contributed by atoms with Gasteiger partial charge in [0.05, 0.1) is 16.8 Å². The van der Waals surface area contributed by atoms with Crippen molar-refractivity contribution < 1.29 is 4.92 Å². The van der Waals surface area contributed by atoms with Crippen molar-refractivity contribution in [3.63, 3.8) is 0 Å². The monoisotopic (exact) mass is 437 g/mol. The van der Waals surface area contributed by atoms with Crippen LogP contribution in [0, 0.1) is 16.0 Å². The summed E-state index contributed by atoms with van der Waals surface area (Å²) in [7, 11) is 0. The van der Waals surface area contributed by atoms with Gasteiger partial charge in [0.15, 0.2) is 0 Å². The normalized spacial score (nSPS) is 11.5. The van der Waals surface area contributed by atoms with Crippen LogP contribution in [0.4, 0.5) is 5.69 Å². The van der Waals surface area contributed by atoms with Gasteiger partial charge in [0.1, 0.15) is 5.69 Å². The number of rotatable bonds is 9. The average Bonchev–Trinajstić information content (AvgIpc) is 3.24. The zero-order valence-corrected chi connectivity index (χ0v) is 18.5. The molecule has 0 unspecified atom stereocenters. The Kier molecular flexibility index (Phi) is 7.19. The Labute approximate surface area is 185 Å². The Bertz CT molecular complexity index is 1240. The van der Waals surface area contributed by atoms with Gasteiger partial charge < -0.3 is 0 Å². The van der Waals surface area contributed by atoms with Gasteiger partial charge in [-0.25, -0.2) is 9.48 Å². The molecule has 0 amide bonds. The third-order valence-electron chi connectivity index (χ3n) is 4.97. The highest BCUT2D eigenvalue weighted by atomic mass is 16.6. The highest BCUT2D eigenvalue weighted by Crippen LogP contribution is 2.17. The van der Waals surface area contributed by atoms with E-state index in [1.807, 2.05) is 51.1 Å². The molecule has 1 aromatic carbocycles. The molecule has 0 atom stereocenters. The Morgan fingerprint density at radius 3 is 2.47 bits per heavy atom. The molecule has 0 aliphatic rings. The van der Waals surface area contributed by atoms with E-state index in [-0.39, 0.29) is 24.7 Å². The van der Waals surface area contributed by atoms with Crippen molar-refractivity contribution in [2.45, 2.75) is 46.7 Å². The van der Waals surface area contributed by atoms with Gasteiger partial charge in [-0.1, -0.05) is 45.4 Å². The first-order chi connectivity index (χ1) is 15.3. The van der Waals surface area contributed by atoms with Gasteiger partial charge >= 0.3 is 16.9 Å². The third kappa shape index (κ3) is 4.93. The molecule has 0 aliphatic heterocycles. The maximum absolute atomic E-state index is 13.1. The molecule has 0 aliphatic carbocycles. The standard InChI is InChI=1S/C23H27N5O4/c1-4-5-13-25-20(21(28(31)32)22(29)26(23(25)30)15-17(2)3)12-11-18-14-24-27(16-18)19-9-7-6-8-10-19/h6-12,14,16-17H,4-5,13,15H2,1-3H3/b12-11+. The second kappa shape index (κ2) is 10.0. The smallest absolute Gasteiger partial charge is 0.287 e. The van der Waals surface area contributed by atoms with E-state index in [2.05, 4.69) is 5.10 Å². The van der Waals surface area contributed by atoms with E-state index in [4.69, 9.17) is 0 Å². The van der Waals surface area contributed by atoms with Crippen LogP contribution in [-0.2, 0) is 13.1 Å². The van der Waals surface area contributed by atoms with Crippen LogP contribution in [0.2, 0.25) is 0 Å². The molecule has 168 valence electrons. The first-order valence-corrected chi connectivity index (χ1v) is 10.6. The number of aromatic nitrogens is 4. The predicted octanol–water partition coefficient (Wildman–Crippen LogP) is 3.73. The molecule has 2 aromatic heterocycles. The van der Waals surface area contributed by atoms with Gasteiger partial charge in [-0.15, -0.1) is 0 Å². The van der Waals surface area contributed by atoms with Crippen molar-refractivity contribution in [3.05, 3.63) is 84.9 Å². The summed E-state index contributed by atoms with van der Waals surface area (Å²) in [6.07, 6.45) is 7.93. The van der Waals surface area contributed by atoms with Crippen LogP contribution >= 0.6 is 0 Å². The maximum atomic E-state index is 13.1. The molecule has 0 N–H and O–H groups in total. The fourth-order valence-corrected chi connectivity index (χ4v) is 3.42. The Morgan fingerprint density at radius 2 is 1.84 bits per heavy atom. The number of para-hydroxylation sites is 1. The van der Waals surface area contributed by atoms with E-state index in [1.165, 1.54) is 10.6 Å². The summed E-state index contributed by atoms with van der Waals surface area (Å²) in [6.45, 7) is 6.09. The number of nitrogens with zero attached hydrogens (tertiary/aromatic N) is 5. The van der Waals surface area contributed by atoms with Gasteiger partial charge in [-0.05, 0) is 36.6 Å². The van der Waals surface area contributed by atoms with Gasteiger partial charge in [-0.2, -0.15) is 5.10 Å². The largest absolute Gasteiger partial charge is 0.357 e. The number of benzene rings is 1. The van der Waals surface area contributed by atoms with Crippen LogP contribution in [0.3, 0.4) is 0 Å². The summed E-state index contributed by atoms with van der Waals surface area (Å²) >= 11 is 0. The topological polar surface area (TPSA) is 105 Å². The Hall–Kier alpha value is -3.75. The zero-order chi connectivity index (χ0) is 23.3. The van der Waals surface area contributed by atoms with Crippen LogP contribution in [0.5, 0.6) is 0 Å². The minimum Gasteiger partial charge on any atom is -0.287 e. The molecule has 2 heterocycles. The lowest BCUT2D eigenvalue weighted by atomic mass is 10.2. The van der Waals surface area contributed by atoms with Crippen LogP contribution in [0.15, 0.2) is 52.3 Å². The summed E-state index contributed by atoms with van der Waals surface area (Å²) in [5, 5.41) is 16.2. The molecule has 32 heavy (non-hydrogen) atoms. The minimum atomic E-state index is -0.874. The van der Waals surface area contributed by atoms with E-state index < -0.39 is 21.9 Å². The molecule has 0 fully saturated rings. The molecule has 9 heteroatoms. The summed E-state index contributed by atoms with van der Waals surface area (Å²) in [5.41, 5.74) is -0.430. The van der Waals surface area contributed by atoms with Gasteiger partial charge in [0.25, 0.3) is 0 Å². The van der Waals surface area contributed by atoms with E-state index in [1.54, 1.807) is 23.2 Å². The molecule has 9 nitrogen and oxygen atoms in total. The van der Waals surface area contributed by atoms with E-state index in [0.717, 1.165) is 16.7 Å². The Morgan fingerprint density at radius 1 is 1.12 bits per heavy atom. The fourth-order valence-electron chi connectivity index (χ4n) is 3.42. The molecular formula is C23H27N5O4. The number of nitro groups is 1. The van der Waals surface area contributed by atoms with Crippen molar-refractivity contribution in [2.24, 2.45) is 5.92 Å². The van der Waals surface area contributed by atoms with Gasteiger partial charge in [0, 0.05) is 24.8 Å². The van der Waals surface area contributed by atoms with E-state index in [9.17, 15) is 19.7 Å². The van der Waals surface area contributed by atoms with Crippen LogP contribution in [-0.4, -0.2) is 23.8 Å². The highest BCUT2D eigenvalue weighted by Gasteiger charge is 2.26. The third-order valence-corrected chi connectivity index (χ3v) is 4.97. The van der Waals surface area contributed by atoms with Crippen molar-refractivity contribution >= 4 is 17.8 Å². The fraction of sp³-hybridized carbons (Fsp3) is 0.348. The lowest BCUT2D eigenvalue weighted by molar-refractivity contribution is -0.387. The first kappa shape index (κ1) is 22.9. The van der Waals surface area contributed by atoms with Crippen LogP contribution in [0.25, 0.3) is 17.8 Å². The maximum Gasteiger partial charge on any atom is 0.357 e. The van der Waals surface area contributed by atoms with Gasteiger partial charge in [-0.3, -0.25) is 24.0 Å². The summed E-state index contributed by atoms with van der Waals surface area (Å²) in [5.74, 6) is -0.00940.